The van der Waals surface area contributed by atoms with Crippen molar-refractivity contribution in [3.8, 4) is 11.3 Å². The third-order valence-corrected chi connectivity index (χ3v) is 3.25. The van der Waals surface area contributed by atoms with Crippen molar-refractivity contribution >= 4 is 11.6 Å². The minimum absolute atomic E-state index is 0.0718. The predicted molar refractivity (Wildman–Crippen MR) is 81.0 cm³/mol. The van der Waals surface area contributed by atoms with Crippen LogP contribution in [0.1, 0.15) is 16.1 Å². The van der Waals surface area contributed by atoms with E-state index in [4.69, 9.17) is 4.52 Å². The van der Waals surface area contributed by atoms with Gasteiger partial charge in [0, 0.05) is 17.3 Å². The van der Waals surface area contributed by atoms with Crippen LogP contribution in [0.2, 0.25) is 0 Å². The highest BCUT2D eigenvalue weighted by Gasteiger charge is 2.15. The lowest BCUT2D eigenvalue weighted by molar-refractivity contribution is 0.0988. The molecule has 2 aromatic carbocycles. The number of nitrogens with zero attached hydrogens (tertiary/aromatic N) is 1. The van der Waals surface area contributed by atoms with Gasteiger partial charge in [0.25, 0.3) is 5.91 Å². The van der Waals surface area contributed by atoms with Crippen LogP contribution in [-0.2, 0) is 0 Å². The summed E-state index contributed by atoms with van der Waals surface area (Å²) in [5.41, 5.74) is 2.59. The maximum Gasteiger partial charge on any atom is 0.294 e. The van der Waals surface area contributed by atoms with Crippen LogP contribution >= 0.6 is 0 Å². The van der Waals surface area contributed by atoms with E-state index in [1.807, 2.05) is 30.3 Å². The zero-order valence-electron chi connectivity index (χ0n) is 11.8. The molecule has 5 heteroatoms. The van der Waals surface area contributed by atoms with Crippen molar-refractivity contribution in [2.75, 3.05) is 5.32 Å². The molecule has 0 bridgehead atoms. The van der Waals surface area contributed by atoms with Crippen molar-refractivity contribution in [2.24, 2.45) is 0 Å². The highest BCUT2D eigenvalue weighted by molar-refractivity contribution is 6.03. The lowest BCUT2D eigenvalue weighted by Gasteiger charge is -2.06. The Balaban J connectivity index is 1.81. The third kappa shape index (κ3) is 2.88. The molecule has 1 aromatic heterocycles. The Morgan fingerprint density at radius 1 is 1.14 bits per heavy atom. The first-order valence-corrected chi connectivity index (χ1v) is 6.73. The number of nitrogens with one attached hydrogen (secondary N) is 1. The van der Waals surface area contributed by atoms with Crippen molar-refractivity contribution < 1.29 is 13.7 Å². The number of hydrogen-bond acceptors (Lipinski definition) is 3. The molecule has 0 atom stereocenters. The van der Waals surface area contributed by atoms with E-state index in [2.05, 4.69) is 10.5 Å². The van der Waals surface area contributed by atoms with Gasteiger partial charge in [-0.3, -0.25) is 4.79 Å². The van der Waals surface area contributed by atoms with Crippen LogP contribution in [-0.4, -0.2) is 11.1 Å². The molecule has 0 saturated heterocycles. The normalized spacial score (nSPS) is 10.5. The van der Waals surface area contributed by atoms with Crippen molar-refractivity contribution in [3.63, 3.8) is 0 Å². The summed E-state index contributed by atoms with van der Waals surface area (Å²) in [7, 11) is 0. The number of carbonyl (C=O) groups is 1. The number of anilines is 1. The summed E-state index contributed by atoms with van der Waals surface area (Å²) >= 11 is 0. The lowest BCUT2D eigenvalue weighted by atomic mass is 10.1. The fourth-order valence-electron chi connectivity index (χ4n) is 2.04. The van der Waals surface area contributed by atoms with Crippen molar-refractivity contribution in [3.05, 3.63) is 71.7 Å². The molecule has 4 nitrogen and oxygen atoms in total. The molecule has 0 fully saturated rings. The van der Waals surface area contributed by atoms with Gasteiger partial charge in [-0.1, -0.05) is 41.6 Å². The van der Waals surface area contributed by atoms with Crippen molar-refractivity contribution in [1.82, 2.24) is 5.16 Å². The Kier molecular flexibility index (Phi) is 3.70. The summed E-state index contributed by atoms with van der Waals surface area (Å²) in [4.78, 5) is 12.2. The predicted octanol–water partition coefficient (Wildman–Crippen LogP) is 4.04. The highest BCUT2D eigenvalue weighted by Crippen LogP contribution is 2.21. The van der Waals surface area contributed by atoms with Gasteiger partial charge >= 0.3 is 0 Å². The van der Waals surface area contributed by atoms with Crippen LogP contribution in [0.5, 0.6) is 0 Å². The molecule has 3 aromatic rings. The zero-order chi connectivity index (χ0) is 15.5. The Labute approximate surface area is 126 Å². The number of aryl methyl sites for hydroxylation is 1. The smallest absolute Gasteiger partial charge is 0.294 e. The van der Waals surface area contributed by atoms with Crippen LogP contribution < -0.4 is 5.32 Å². The molecule has 1 N–H and O–H groups in total. The molecule has 1 heterocycles. The topological polar surface area (TPSA) is 55.1 Å². The SMILES string of the molecule is Cc1ccc(F)cc1NC(=O)c1cc(-c2ccccc2)no1. The fraction of sp³-hybridized carbons (Fsp3) is 0.0588. The molecular weight excluding hydrogens is 283 g/mol. The van der Waals surface area contributed by atoms with Gasteiger partial charge in [-0.15, -0.1) is 0 Å². The Morgan fingerprint density at radius 3 is 2.68 bits per heavy atom. The van der Waals surface area contributed by atoms with Gasteiger partial charge in [-0.05, 0) is 24.6 Å². The third-order valence-electron chi connectivity index (χ3n) is 3.25. The number of hydrogen-bond donors (Lipinski definition) is 1. The van der Waals surface area contributed by atoms with E-state index in [0.29, 0.717) is 11.4 Å². The van der Waals surface area contributed by atoms with Crippen molar-refractivity contribution in [1.29, 1.82) is 0 Å². The second-order valence-electron chi connectivity index (χ2n) is 4.86. The molecule has 1 amide bonds. The van der Waals surface area contributed by atoms with Crippen molar-refractivity contribution in [2.45, 2.75) is 6.92 Å². The van der Waals surface area contributed by atoms with Crippen LogP contribution in [0.25, 0.3) is 11.3 Å². The monoisotopic (exact) mass is 296 g/mol. The quantitative estimate of drug-likeness (QED) is 0.793. The highest BCUT2D eigenvalue weighted by atomic mass is 19.1. The van der Waals surface area contributed by atoms with E-state index in [1.165, 1.54) is 12.1 Å². The van der Waals surface area contributed by atoms with Gasteiger partial charge in [0.15, 0.2) is 0 Å². The number of benzene rings is 2. The minimum Gasteiger partial charge on any atom is -0.350 e. The van der Waals surface area contributed by atoms with E-state index >= 15 is 0 Å². The minimum atomic E-state index is -0.469. The van der Waals surface area contributed by atoms with Crippen LogP contribution in [0.15, 0.2) is 59.1 Å². The average Bonchev–Trinajstić information content (AvgIpc) is 3.02. The number of rotatable bonds is 3. The second-order valence-corrected chi connectivity index (χ2v) is 4.86. The average molecular weight is 296 g/mol. The van der Waals surface area contributed by atoms with E-state index < -0.39 is 11.7 Å². The lowest BCUT2D eigenvalue weighted by Crippen LogP contribution is -2.12. The summed E-state index contributed by atoms with van der Waals surface area (Å²) in [5, 5.41) is 6.50. The largest absolute Gasteiger partial charge is 0.350 e. The molecule has 0 aliphatic rings. The molecule has 0 aliphatic carbocycles. The van der Waals surface area contributed by atoms with Gasteiger partial charge in [0.2, 0.25) is 5.76 Å². The molecule has 0 spiro atoms. The maximum absolute atomic E-state index is 13.2. The number of carbonyl (C=O) groups excluding carboxylic acids is 1. The molecule has 0 radical (unpaired) electrons. The van der Waals surface area contributed by atoms with E-state index in [0.717, 1.165) is 11.1 Å². The van der Waals surface area contributed by atoms with Gasteiger partial charge in [0.1, 0.15) is 11.5 Å². The zero-order valence-corrected chi connectivity index (χ0v) is 11.8. The molecule has 0 saturated carbocycles. The Bertz CT molecular complexity index is 813. The standard InChI is InChI=1S/C17H13FN2O2/c1-11-7-8-13(18)9-14(11)19-17(21)16-10-15(20-22-16)12-5-3-2-4-6-12/h2-10H,1H3,(H,19,21). The van der Waals surface area contributed by atoms with Gasteiger partial charge in [-0.2, -0.15) is 0 Å². The molecular formula is C17H13FN2O2. The molecule has 0 unspecified atom stereocenters. The summed E-state index contributed by atoms with van der Waals surface area (Å²) < 4.78 is 18.3. The molecule has 3 rings (SSSR count). The van der Waals surface area contributed by atoms with Gasteiger partial charge in [-0.25, -0.2) is 4.39 Å². The first kappa shape index (κ1) is 14.0. The van der Waals surface area contributed by atoms with Gasteiger partial charge < -0.3 is 9.84 Å². The molecule has 110 valence electrons. The first-order chi connectivity index (χ1) is 10.6. The van der Waals surface area contributed by atoms with E-state index in [9.17, 15) is 9.18 Å². The molecule has 0 aliphatic heterocycles. The Morgan fingerprint density at radius 2 is 1.91 bits per heavy atom. The maximum atomic E-state index is 13.2. The summed E-state index contributed by atoms with van der Waals surface area (Å²) in [6.45, 7) is 1.78. The van der Waals surface area contributed by atoms with Crippen LogP contribution in [0.3, 0.4) is 0 Å². The first-order valence-electron chi connectivity index (χ1n) is 6.73. The fourth-order valence-corrected chi connectivity index (χ4v) is 2.04. The summed E-state index contributed by atoms with van der Waals surface area (Å²) in [6.07, 6.45) is 0. The van der Waals surface area contributed by atoms with E-state index in [1.54, 1.807) is 19.1 Å². The number of amides is 1. The van der Waals surface area contributed by atoms with Crippen LogP contribution in [0.4, 0.5) is 10.1 Å². The molecule has 22 heavy (non-hydrogen) atoms. The number of halogens is 1. The summed E-state index contributed by atoms with van der Waals surface area (Å²) in [6, 6.07) is 15.1. The number of aromatic nitrogens is 1. The van der Waals surface area contributed by atoms with E-state index in [-0.39, 0.29) is 5.76 Å². The summed E-state index contributed by atoms with van der Waals surface area (Å²) in [5.74, 6) is -0.811. The van der Waals surface area contributed by atoms with Gasteiger partial charge in [0.05, 0.1) is 0 Å². The second kappa shape index (κ2) is 5.81. The van der Waals surface area contributed by atoms with Crippen LogP contribution in [0, 0.1) is 12.7 Å². The Hall–Kier alpha value is -2.95.